The summed E-state index contributed by atoms with van der Waals surface area (Å²) in [6.07, 6.45) is 6.69. The first kappa shape index (κ1) is 11.6. The molecule has 2 unspecified atom stereocenters. The van der Waals surface area contributed by atoms with Gasteiger partial charge < -0.3 is 10.4 Å². The highest BCUT2D eigenvalue weighted by Crippen LogP contribution is 2.24. The van der Waals surface area contributed by atoms with E-state index in [0.717, 1.165) is 13.0 Å². The average Bonchev–Trinajstić information content (AvgIpc) is 2.72. The van der Waals surface area contributed by atoms with Crippen molar-refractivity contribution in [3.8, 4) is 0 Å². The molecule has 0 aliphatic heterocycles. The van der Waals surface area contributed by atoms with Gasteiger partial charge in [-0.3, -0.25) is 4.68 Å². The maximum absolute atomic E-state index is 9.32. The van der Waals surface area contributed by atoms with Crippen LogP contribution >= 0.6 is 0 Å². The first-order chi connectivity index (χ1) is 7.81. The van der Waals surface area contributed by atoms with Crippen LogP contribution in [0.4, 0.5) is 0 Å². The Bertz CT molecular complexity index is 324. The molecule has 1 aliphatic carbocycles. The van der Waals surface area contributed by atoms with Gasteiger partial charge >= 0.3 is 0 Å². The third-order valence-electron chi connectivity index (χ3n) is 3.61. The van der Waals surface area contributed by atoms with Crippen molar-refractivity contribution in [3.05, 3.63) is 18.0 Å². The van der Waals surface area contributed by atoms with Crippen LogP contribution in [0.25, 0.3) is 0 Å². The second-order valence-corrected chi connectivity index (χ2v) is 4.66. The molecule has 0 aromatic carbocycles. The van der Waals surface area contributed by atoms with Gasteiger partial charge in [-0.15, -0.1) is 0 Å². The largest absolute Gasteiger partial charge is 0.396 e. The highest BCUT2D eigenvalue weighted by molar-refractivity contribution is 5.00. The Labute approximate surface area is 96.7 Å². The number of nitrogens with one attached hydrogen (secondary N) is 1. The number of hydrogen-bond acceptors (Lipinski definition) is 3. The van der Waals surface area contributed by atoms with Gasteiger partial charge in [0.05, 0.1) is 5.69 Å². The molecule has 1 aromatic rings. The standard InChI is InChI=1S/C12H21N3O/c1-15-11(6-7-14-15)8-13-12-5-3-2-4-10(12)9-16/h6-7,10,12-13,16H,2-5,8-9H2,1H3. The third-order valence-corrected chi connectivity index (χ3v) is 3.61. The fourth-order valence-electron chi connectivity index (χ4n) is 2.51. The van der Waals surface area contributed by atoms with E-state index < -0.39 is 0 Å². The molecule has 0 amide bonds. The number of hydrogen-bond donors (Lipinski definition) is 2. The Morgan fingerprint density at radius 1 is 1.50 bits per heavy atom. The first-order valence-electron chi connectivity index (χ1n) is 6.12. The molecule has 2 rings (SSSR count). The van der Waals surface area contributed by atoms with E-state index in [1.807, 2.05) is 24.0 Å². The van der Waals surface area contributed by atoms with Crippen molar-refractivity contribution in [1.29, 1.82) is 0 Å². The summed E-state index contributed by atoms with van der Waals surface area (Å²) in [4.78, 5) is 0. The molecule has 4 heteroatoms. The highest BCUT2D eigenvalue weighted by Gasteiger charge is 2.23. The van der Waals surface area contributed by atoms with Gasteiger partial charge in [0.15, 0.2) is 0 Å². The van der Waals surface area contributed by atoms with E-state index in [1.165, 1.54) is 25.0 Å². The molecule has 16 heavy (non-hydrogen) atoms. The normalized spacial score (nSPS) is 25.9. The quantitative estimate of drug-likeness (QED) is 0.802. The fraction of sp³-hybridized carbons (Fsp3) is 0.750. The predicted molar refractivity (Wildman–Crippen MR) is 62.9 cm³/mol. The van der Waals surface area contributed by atoms with E-state index in [2.05, 4.69) is 10.4 Å². The van der Waals surface area contributed by atoms with Gasteiger partial charge in [0.1, 0.15) is 0 Å². The van der Waals surface area contributed by atoms with E-state index in [0.29, 0.717) is 18.6 Å². The lowest BCUT2D eigenvalue weighted by molar-refractivity contribution is 0.152. The first-order valence-corrected chi connectivity index (χ1v) is 6.12. The molecule has 0 spiro atoms. The third kappa shape index (κ3) is 2.62. The van der Waals surface area contributed by atoms with Crippen molar-refractivity contribution in [3.63, 3.8) is 0 Å². The number of aliphatic hydroxyl groups excluding tert-OH is 1. The SMILES string of the molecule is Cn1nccc1CNC1CCCCC1CO. The van der Waals surface area contributed by atoms with Gasteiger partial charge in [-0.05, 0) is 24.8 Å². The fourth-order valence-corrected chi connectivity index (χ4v) is 2.51. The summed E-state index contributed by atoms with van der Waals surface area (Å²) in [6, 6.07) is 2.50. The smallest absolute Gasteiger partial charge is 0.0518 e. The van der Waals surface area contributed by atoms with E-state index >= 15 is 0 Å². The van der Waals surface area contributed by atoms with Crippen molar-refractivity contribution in [1.82, 2.24) is 15.1 Å². The van der Waals surface area contributed by atoms with Crippen molar-refractivity contribution >= 4 is 0 Å². The van der Waals surface area contributed by atoms with Crippen LogP contribution in [-0.4, -0.2) is 27.5 Å². The number of aryl methyl sites for hydroxylation is 1. The monoisotopic (exact) mass is 223 g/mol. The molecule has 1 aliphatic rings. The van der Waals surface area contributed by atoms with Crippen LogP contribution < -0.4 is 5.32 Å². The van der Waals surface area contributed by atoms with Gasteiger partial charge in [-0.25, -0.2) is 0 Å². The molecule has 1 saturated carbocycles. The molecular formula is C12H21N3O. The molecule has 2 N–H and O–H groups in total. The number of aromatic nitrogens is 2. The molecule has 2 atom stereocenters. The summed E-state index contributed by atoms with van der Waals surface area (Å²) in [7, 11) is 1.96. The Hall–Kier alpha value is -0.870. The summed E-state index contributed by atoms with van der Waals surface area (Å²) in [5.74, 6) is 0.432. The van der Waals surface area contributed by atoms with Crippen LogP contribution in [0.3, 0.4) is 0 Å². The van der Waals surface area contributed by atoms with Crippen molar-refractivity contribution in [2.24, 2.45) is 13.0 Å². The molecule has 1 heterocycles. The van der Waals surface area contributed by atoms with Crippen LogP contribution in [0.1, 0.15) is 31.4 Å². The van der Waals surface area contributed by atoms with E-state index in [1.54, 1.807) is 0 Å². The molecule has 1 fully saturated rings. The van der Waals surface area contributed by atoms with Gasteiger partial charge in [-0.1, -0.05) is 12.8 Å². The Kier molecular flexibility index (Phi) is 3.96. The number of rotatable bonds is 4. The molecule has 0 saturated heterocycles. The summed E-state index contributed by atoms with van der Waals surface area (Å²) in [6.45, 7) is 1.15. The van der Waals surface area contributed by atoms with Crippen LogP contribution in [0, 0.1) is 5.92 Å². The minimum absolute atomic E-state index is 0.309. The zero-order valence-corrected chi connectivity index (χ0v) is 9.89. The lowest BCUT2D eigenvalue weighted by Crippen LogP contribution is -2.40. The lowest BCUT2D eigenvalue weighted by atomic mass is 9.85. The Balaban J connectivity index is 1.86. The maximum Gasteiger partial charge on any atom is 0.0518 e. The lowest BCUT2D eigenvalue weighted by Gasteiger charge is -2.31. The van der Waals surface area contributed by atoms with Crippen LogP contribution in [0.5, 0.6) is 0 Å². The minimum Gasteiger partial charge on any atom is -0.396 e. The van der Waals surface area contributed by atoms with Gasteiger partial charge in [0.25, 0.3) is 0 Å². The summed E-state index contributed by atoms with van der Waals surface area (Å²) >= 11 is 0. The Morgan fingerprint density at radius 3 is 3.00 bits per heavy atom. The second kappa shape index (κ2) is 5.46. The molecular weight excluding hydrogens is 202 g/mol. The topological polar surface area (TPSA) is 50.1 Å². The molecule has 90 valence electrons. The highest BCUT2D eigenvalue weighted by atomic mass is 16.3. The average molecular weight is 223 g/mol. The van der Waals surface area contributed by atoms with Crippen LogP contribution in [0.15, 0.2) is 12.3 Å². The zero-order chi connectivity index (χ0) is 11.4. The van der Waals surface area contributed by atoms with E-state index in [4.69, 9.17) is 0 Å². The summed E-state index contributed by atoms with van der Waals surface area (Å²) in [5.41, 5.74) is 1.20. The zero-order valence-electron chi connectivity index (χ0n) is 9.89. The van der Waals surface area contributed by atoms with Crippen LogP contribution in [0.2, 0.25) is 0 Å². The van der Waals surface area contributed by atoms with Gasteiger partial charge in [-0.2, -0.15) is 5.10 Å². The summed E-state index contributed by atoms with van der Waals surface area (Å²) in [5, 5.41) is 17.0. The molecule has 1 aromatic heterocycles. The predicted octanol–water partition coefficient (Wildman–Crippen LogP) is 1.06. The molecule has 0 radical (unpaired) electrons. The van der Waals surface area contributed by atoms with Crippen molar-refractivity contribution < 1.29 is 5.11 Å². The van der Waals surface area contributed by atoms with E-state index in [9.17, 15) is 5.11 Å². The Morgan fingerprint density at radius 2 is 2.31 bits per heavy atom. The van der Waals surface area contributed by atoms with Gasteiger partial charge in [0.2, 0.25) is 0 Å². The second-order valence-electron chi connectivity index (χ2n) is 4.66. The summed E-state index contributed by atoms with van der Waals surface area (Å²) < 4.78 is 1.89. The molecule has 4 nitrogen and oxygen atoms in total. The molecule has 0 bridgehead atoms. The van der Waals surface area contributed by atoms with Gasteiger partial charge in [0, 0.05) is 32.4 Å². The maximum atomic E-state index is 9.32. The number of nitrogens with zero attached hydrogens (tertiary/aromatic N) is 2. The van der Waals surface area contributed by atoms with Crippen molar-refractivity contribution in [2.45, 2.75) is 38.3 Å². The number of aliphatic hydroxyl groups is 1. The van der Waals surface area contributed by atoms with E-state index in [-0.39, 0.29) is 0 Å². The minimum atomic E-state index is 0.309. The van der Waals surface area contributed by atoms with Crippen molar-refractivity contribution in [2.75, 3.05) is 6.61 Å². The van der Waals surface area contributed by atoms with Crippen LogP contribution in [-0.2, 0) is 13.6 Å².